The van der Waals surface area contributed by atoms with Crippen LogP contribution in [0.2, 0.25) is 0 Å². The van der Waals surface area contributed by atoms with Crippen LogP contribution in [-0.4, -0.2) is 22.8 Å². The van der Waals surface area contributed by atoms with Crippen molar-refractivity contribution < 1.29 is 14.7 Å². The number of unbranched alkanes of at least 4 members (excludes halogenated alkanes) is 3. The SMILES string of the molecule is CCCCCCC1(O)NC(=O)NC1=O. The minimum absolute atomic E-state index is 0.282. The Bertz CT molecular complexity index is 242. The lowest BCUT2D eigenvalue weighted by Crippen LogP contribution is -2.46. The zero-order chi connectivity index (χ0) is 10.6. The van der Waals surface area contributed by atoms with E-state index in [1.807, 2.05) is 5.32 Å². The second-order valence-electron chi connectivity index (χ2n) is 3.58. The molecule has 0 radical (unpaired) electrons. The summed E-state index contributed by atoms with van der Waals surface area (Å²) in [6, 6.07) is -0.618. The highest BCUT2D eigenvalue weighted by Crippen LogP contribution is 2.16. The molecule has 5 nitrogen and oxygen atoms in total. The lowest BCUT2D eigenvalue weighted by molar-refractivity contribution is -0.137. The Morgan fingerprint density at radius 3 is 2.50 bits per heavy atom. The first-order valence-electron chi connectivity index (χ1n) is 4.94. The molecular weight excluding hydrogens is 184 g/mol. The molecular formula is C9H16N2O3. The second-order valence-corrected chi connectivity index (χ2v) is 3.58. The predicted molar refractivity (Wildman–Crippen MR) is 50.4 cm³/mol. The fraction of sp³-hybridized carbons (Fsp3) is 0.778. The molecule has 0 saturated carbocycles. The molecule has 0 aromatic carbocycles. The summed E-state index contributed by atoms with van der Waals surface area (Å²) in [5, 5.41) is 13.9. The molecule has 0 aromatic rings. The zero-order valence-electron chi connectivity index (χ0n) is 8.30. The molecule has 1 aliphatic heterocycles. The Hall–Kier alpha value is -1.10. The fourth-order valence-corrected chi connectivity index (χ4v) is 1.47. The molecule has 3 N–H and O–H groups in total. The van der Waals surface area contributed by atoms with Crippen molar-refractivity contribution in [1.82, 2.24) is 10.6 Å². The monoisotopic (exact) mass is 200 g/mol. The summed E-state index contributed by atoms with van der Waals surface area (Å²) < 4.78 is 0. The molecule has 80 valence electrons. The first kappa shape index (κ1) is 11.0. The van der Waals surface area contributed by atoms with Gasteiger partial charge in [0, 0.05) is 6.42 Å². The van der Waals surface area contributed by atoms with E-state index < -0.39 is 17.7 Å². The minimum atomic E-state index is -1.68. The van der Waals surface area contributed by atoms with Crippen molar-refractivity contribution in [3.8, 4) is 0 Å². The molecule has 1 unspecified atom stereocenters. The maximum Gasteiger partial charge on any atom is 0.324 e. The molecule has 5 heteroatoms. The highest BCUT2D eigenvalue weighted by molar-refractivity contribution is 6.05. The van der Waals surface area contributed by atoms with Crippen LogP contribution in [0, 0.1) is 0 Å². The van der Waals surface area contributed by atoms with Crippen LogP contribution in [0.1, 0.15) is 39.0 Å². The van der Waals surface area contributed by atoms with Crippen molar-refractivity contribution in [3.05, 3.63) is 0 Å². The molecule has 1 heterocycles. The van der Waals surface area contributed by atoms with Crippen molar-refractivity contribution in [3.63, 3.8) is 0 Å². The largest absolute Gasteiger partial charge is 0.363 e. The number of rotatable bonds is 5. The van der Waals surface area contributed by atoms with Crippen LogP contribution in [0.3, 0.4) is 0 Å². The lowest BCUT2D eigenvalue weighted by Gasteiger charge is -2.18. The number of amides is 3. The van der Waals surface area contributed by atoms with Gasteiger partial charge in [-0.1, -0.05) is 26.2 Å². The van der Waals surface area contributed by atoms with Crippen LogP contribution in [0.25, 0.3) is 0 Å². The van der Waals surface area contributed by atoms with Gasteiger partial charge in [-0.2, -0.15) is 0 Å². The van der Waals surface area contributed by atoms with E-state index >= 15 is 0 Å². The molecule has 1 aliphatic rings. The van der Waals surface area contributed by atoms with E-state index in [2.05, 4.69) is 12.2 Å². The topological polar surface area (TPSA) is 78.4 Å². The van der Waals surface area contributed by atoms with Gasteiger partial charge in [-0.25, -0.2) is 4.79 Å². The molecule has 14 heavy (non-hydrogen) atoms. The number of carbonyl (C=O) groups excluding carboxylic acids is 2. The van der Waals surface area contributed by atoms with Crippen molar-refractivity contribution >= 4 is 11.9 Å². The lowest BCUT2D eigenvalue weighted by atomic mass is 10.0. The predicted octanol–water partition coefficient (Wildman–Crippen LogP) is 0.485. The number of nitrogens with one attached hydrogen (secondary N) is 2. The van der Waals surface area contributed by atoms with E-state index in [1.165, 1.54) is 0 Å². The third-order valence-electron chi connectivity index (χ3n) is 2.32. The number of carbonyl (C=O) groups is 2. The second kappa shape index (κ2) is 4.41. The normalized spacial score (nSPS) is 26.1. The van der Waals surface area contributed by atoms with Crippen LogP contribution < -0.4 is 10.6 Å². The Morgan fingerprint density at radius 1 is 1.29 bits per heavy atom. The molecule has 1 rings (SSSR count). The minimum Gasteiger partial charge on any atom is -0.363 e. The molecule has 3 amide bonds. The number of urea groups is 1. The Kier molecular flexibility index (Phi) is 3.46. The van der Waals surface area contributed by atoms with Gasteiger partial charge in [-0.3, -0.25) is 10.1 Å². The van der Waals surface area contributed by atoms with Gasteiger partial charge in [0.05, 0.1) is 0 Å². The smallest absolute Gasteiger partial charge is 0.324 e. The van der Waals surface area contributed by atoms with Gasteiger partial charge in [-0.05, 0) is 6.42 Å². The fourth-order valence-electron chi connectivity index (χ4n) is 1.47. The van der Waals surface area contributed by atoms with Gasteiger partial charge >= 0.3 is 6.03 Å². The van der Waals surface area contributed by atoms with Crippen molar-refractivity contribution in [2.24, 2.45) is 0 Å². The first-order chi connectivity index (χ1) is 6.58. The number of hydrogen-bond donors (Lipinski definition) is 3. The van der Waals surface area contributed by atoms with Crippen molar-refractivity contribution in [2.45, 2.75) is 44.8 Å². The standard InChI is InChI=1S/C9H16N2O3/c1-2-3-4-5-6-9(14)7(12)10-8(13)11-9/h14H,2-6H2,1H3,(H2,10,11,12,13). The Balaban J connectivity index is 2.35. The molecule has 1 saturated heterocycles. The summed E-state index contributed by atoms with van der Waals surface area (Å²) in [4.78, 5) is 21.9. The summed E-state index contributed by atoms with van der Waals surface area (Å²) in [6.45, 7) is 2.08. The van der Waals surface area contributed by atoms with Gasteiger partial charge in [0.25, 0.3) is 5.91 Å². The summed E-state index contributed by atoms with van der Waals surface area (Å²) in [6.07, 6.45) is 4.15. The Labute approximate surface area is 82.9 Å². The Morgan fingerprint density at radius 2 is 2.00 bits per heavy atom. The van der Waals surface area contributed by atoms with Crippen LogP contribution >= 0.6 is 0 Å². The molecule has 0 bridgehead atoms. The van der Waals surface area contributed by atoms with Gasteiger partial charge < -0.3 is 10.4 Å². The highest BCUT2D eigenvalue weighted by atomic mass is 16.3. The quantitative estimate of drug-likeness (QED) is 0.446. The number of hydrogen-bond acceptors (Lipinski definition) is 3. The van der Waals surface area contributed by atoms with Gasteiger partial charge in [0.1, 0.15) is 0 Å². The molecule has 0 aromatic heterocycles. The molecule has 0 aliphatic carbocycles. The third kappa shape index (κ3) is 2.45. The van der Waals surface area contributed by atoms with E-state index in [0.717, 1.165) is 25.7 Å². The maximum absolute atomic E-state index is 11.1. The summed E-state index contributed by atoms with van der Waals surface area (Å²) >= 11 is 0. The van der Waals surface area contributed by atoms with Gasteiger partial charge in [-0.15, -0.1) is 0 Å². The van der Waals surface area contributed by atoms with Gasteiger partial charge in [0.15, 0.2) is 0 Å². The number of imide groups is 1. The average molecular weight is 200 g/mol. The number of aliphatic hydroxyl groups is 1. The van der Waals surface area contributed by atoms with E-state index in [9.17, 15) is 14.7 Å². The highest BCUT2D eigenvalue weighted by Gasteiger charge is 2.43. The summed E-state index contributed by atoms with van der Waals surface area (Å²) in [7, 11) is 0. The summed E-state index contributed by atoms with van der Waals surface area (Å²) in [5.41, 5.74) is -1.68. The van der Waals surface area contributed by atoms with Crippen LogP contribution in [0.5, 0.6) is 0 Å². The third-order valence-corrected chi connectivity index (χ3v) is 2.32. The van der Waals surface area contributed by atoms with Crippen LogP contribution in [0.15, 0.2) is 0 Å². The van der Waals surface area contributed by atoms with E-state index in [-0.39, 0.29) is 6.42 Å². The molecule has 1 fully saturated rings. The zero-order valence-corrected chi connectivity index (χ0v) is 8.30. The van der Waals surface area contributed by atoms with Crippen molar-refractivity contribution in [1.29, 1.82) is 0 Å². The van der Waals surface area contributed by atoms with Crippen molar-refractivity contribution in [2.75, 3.05) is 0 Å². The molecule has 0 spiro atoms. The van der Waals surface area contributed by atoms with Crippen LogP contribution in [-0.2, 0) is 4.79 Å². The average Bonchev–Trinajstić information content (AvgIpc) is 2.36. The van der Waals surface area contributed by atoms with Crippen LogP contribution in [0.4, 0.5) is 4.79 Å². The molecule has 1 atom stereocenters. The van der Waals surface area contributed by atoms with E-state index in [0.29, 0.717) is 0 Å². The van der Waals surface area contributed by atoms with Gasteiger partial charge in [0.2, 0.25) is 5.72 Å². The maximum atomic E-state index is 11.1. The van der Waals surface area contributed by atoms with E-state index in [1.54, 1.807) is 0 Å². The summed E-state index contributed by atoms with van der Waals surface area (Å²) in [5.74, 6) is -0.640. The first-order valence-corrected chi connectivity index (χ1v) is 4.94. The van der Waals surface area contributed by atoms with E-state index in [4.69, 9.17) is 0 Å².